The number of rotatable bonds is 6. The third kappa shape index (κ3) is 5.06. The Morgan fingerprint density at radius 3 is 1.50 bits per heavy atom. The standard InChI is InChI=1S/C22H28FN5O2/c23-19-1-3-20(4-2-19)26-15-11-24(12-16-26)9-10-25-13-17-27(18-14-25)21-5-7-22(8-6-21)28(29)30/h1-8H,9-18H2. The number of piperazine rings is 2. The summed E-state index contributed by atoms with van der Waals surface area (Å²) in [5.74, 6) is -0.189. The van der Waals surface area contributed by atoms with Gasteiger partial charge in [-0.05, 0) is 36.4 Å². The lowest BCUT2D eigenvalue weighted by atomic mass is 10.2. The van der Waals surface area contributed by atoms with Gasteiger partial charge in [0.15, 0.2) is 0 Å². The lowest BCUT2D eigenvalue weighted by Gasteiger charge is -2.39. The van der Waals surface area contributed by atoms with Gasteiger partial charge in [0, 0.05) is 89.0 Å². The van der Waals surface area contributed by atoms with E-state index in [-0.39, 0.29) is 16.4 Å². The van der Waals surface area contributed by atoms with Crippen LogP contribution in [0.4, 0.5) is 21.5 Å². The molecule has 7 nitrogen and oxygen atoms in total. The van der Waals surface area contributed by atoms with Gasteiger partial charge in [0.1, 0.15) is 5.82 Å². The normalized spacial score (nSPS) is 18.6. The van der Waals surface area contributed by atoms with Crippen molar-refractivity contribution >= 4 is 17.1 Å². The Hall–Kier alpha value is -2.71. The Bertz CT molecular complexity index is 830. The van der Waals surface area contributed by atoms with E-state index in [0.717, 1.165) is 76.8 Å². The summed E-state index contributed by atoms with van der Waals surface area (Å²) < 4.78 is 13.1. The van der Waals surface area contributed by atoms with Crippen LogP contribution in [0.2, 0.25) is 0 Å². The number of nitrogens with zero attached hydrogens (tertiary/aromatic N) is 5. The first kappa shape index (κ1) is 20.6. The Morgan fingerprint density at radius 1 is 0.700 bits per heavy atom. The van der Waals surface area contributed by atoms with Crippen molar-refractivity contribution in [3.63, 3.8) is 0 Å². The largest absolute Gasteiger partial charge is 0.369 e. The van der Waals surface area contributed by atoms with E-state index in [0.29, 0.717) is 0 Å². The topological polar surface area (TPSA) is 56.1 Å². The van der Waals surface area contributed by atoms with Gasteiger partial charge < -0.3 is 9.80 Å². The smallest absolute Gasteiger partial charge is 0.269 e. The molecule has 2 aliphatic heterocycles. The van der Waals surface area contributed by atoms with Gasteiger partial charge in [-0.1, -0.05) is 0 Å². The van der Waals surface area contributed by atoms with Crippen LogP contribution in [0, 0.1) is 15.9 Å². The fourth-order valence-electron chi connectivity index (χ4n) is 4.18. The molecule has 0 unspecified atom stereocenters. The molecule has 2 fully saturated rings. The predicted molar refractivity (Wildman–Crippen MR) is 117 cm³/mol. The van der Waals surface area contributed by atoms with Gasteiger partial charge in [-0.15, -0.1) is 0 Å². The fraction of sp³-hybridized carbons (Fsp3) is 0.455. The van der Waals surface area contributed by atoms with Crippen molar-refractivity contribution in [2.45, 2.75) is 0 Å². The second-order valence-corrected chi connectivity index (χ2v) is 7.91. The van der Waals surface area contributed by atoms with Crippen LogP contribution in [0.1, 0.15) is 0 Å². The summed E-state index contributed by atoms with van der Waals surface area (Å²) in [4.78, 5) is 20.1. The molecule has 0 N–H and O–H groups in total. The van der Waals surface area contributed by atoms with Crippen LogP contribution in [0.15, 0.2) is 48.5 Å². The van der Waals surface area contributed by atoms with Gasteiger partial charge in [0.2, 0.25) is 0 Å². The molecule has 2 aromatic rings. The number of halogens is 1. The maximum Gasteiger partial charge on any atom is 0.269 e. The lowest BCUT2D eigenvalue weighted by Crippen LogP contribution is -2.51. The maximum atomic E-state index is 13.1. The summed E-state index contributed by atoms with van der Waals surface area (Å²) in [5, 5.41) is 10.8. The van der Waals surface area contributed by atoms with Gasteiger partial charge >= 0.3 is 0 Å². The maximum absolute atomic E-state index is 13.1. The molecule has 0 aliphatic carbocycles. The number of hydrogen-bond acceptors (Lipinski definition) is 6. The summed E-state index contributed by atoms with van der Waals surface area (Å²) in [5.41, 5.74) is 2.28. The molecule has 0 aromatic heterocycles. The quantitative estimate of drug-likeness (QED) is 0.536. The zero-order valence-electron chi connectivity index (χ0n) is 17.1. The minimum absolute atomic E-state index is 0.136. The highest BCUT2D eigenvalue weighted by Gasteiger charge is 2.21. The molecule has 0 bridgehead atoms. The van der Waals surface area contributed by atoms with Crippen molar-refractivity contribution in [1.82, 2.24) is 9.80 Å². The average molecular weight is 413 g/mol. The van der Waals surface area contributed by atoms with Gasteiger partial charge in [-0.2, -0.15) is 0 Å². The minimum atomic E-state index is -0.360. The Kier molecular flexibility index (Phi) is 6.44. The number of nitro groups is 1. The molecule has 0 spiro atoms. The molecule has 2 saturated heterocycles. The van der Waals surface area contributed by atoms with E-state index in [1.54, 1.807) is 12.1 Å². The van der Waals surface area contributed by atoms with Crippen molar-refractivity contribution in [1.29, 1.82) is 0 Å². The number of nitro benzene ring substituents is 1. The molecule has 4 rings (SSSR count). The van der Waals surface area contributed by atoms with Crippen molar-refractivity contribution in [2.24, 2.45) is 0 Å². The molecule has 2 heterocycles. The second kappa shape index (κ2) is 9.40. The number of benzene rings is 2. The zero-order chi connectivity index (χ0) is 20.9. The molecule has 0 saturated carbocycles. The minimum Gasteiger partial charge on any atom is -0.369 e. The molecular weight excluding hydrogens is 385 g/mol. The van der Waals surface area contributed by atoms with E-state index >= 15 is 0 Å². The molecule has 8 heteroatoms. The van der Waals surface area contributed by atoms with Crippen molar-refractivity contribution in [3.8, 4) is 0 Å². The molecular formula is C22H28FN5O2. The van der Waals surface area contributed by atoms with Crippen LogP contribution in [-0.2, 0) is 0 Å². The monoisotopic (exact) mass is 413 g/mol. The first-order valence-corrected chi connectivity index (χ1v) is 10.5. The molecule has 160 valence electrons. The molecule has 0 atom stereocenters. The summed E-state index contributed by atoms with van der Waals surface area (Å²) in [6, 6.07) is 13.6. The highest BCUT2D eigenvalue weighted by molar-refractivity contribution is 5.51. The Balaban J connectivity index is 1.17. The number of anilines is 2. The first-order chi connectivity index (χ1) is 14.6. The van der Waals surface area contributed by atoms with Crippen molar-refractivity contribution in [3.05, 3.63) is 64.5 Å². The Labute approximate surface area is 176 Å². The first-order valence-electron chi connectivity index (χ1n) is 10.5. The van der Waals surface area contributed by atoms with Crippen LogP contribution in [0.3, 0.4) is 0 Å². The van der Waals surface area contributed by atoms with Crippen molar-refractivity contribution < 1.29 is 9.31 Å². The van der Waals surface area contributed by atoms with Crippen LogP contribution in [-0.4, -0.2) is 80.2 Å². The van der Waals surface area contributed by atoms with Crippen LogP contribution < -0.4 is 9.80 Å². The Morgan fingerprint density at radius 2 is 1.10 bits per heavy atom. The van der Waals surface area contributed by atoms with E-state index in [1.807, 2.05) is 24.3 Å². The summed E-state index contributed by atoms with van der Waals surface area (Å²) in [7, 11) is 0. The predicted octanol–water partition coefficient (Wildman–Crippen LogP) is 2.68. The van der Waals surface area contributed by atoms with Gasteiger partial charge in [0.05, 0.1) is 4.92 Å². The fourth-order valence-corrected chi connectivity index (χ4v) is 4.18. The SMILES string of the molecule is O=[N+]([O-])c1ccc(N2CCN(CCN3CCN(c4ccc(F)cc4)CC3)CC2)cc1. The zero-order valence-corrected chi connectivity index (χ0v) is 17.1. The van der Waals surface area contributed by atoms with Gasteiger partial charge in [-0.25, -0.2) is 4.39 Å². The number of hydrogen-bond donors (Lipinski definition) is 0. The molecule has 0 amide bonds. The van der Waals surface area contributed by atoms with Crippen LogP contribution >= 0.6 is 0 Å². The van der Waals surface area contributed by atoms with E-state index in [4.69, 9.17) is 0 Å². The van der Waals surface area contributed by atoms with E-state index < -0.39 is 0 Å². The molecule has 30 heavy (non-hydrogen) atoms. The highest BCUT2D eigenvalue weighted by atomic mass is 19.1. The molecule has 0 radical (unpaired) electrons. The van der Waals surface area contributed by atoms with E-state index in [9.17, 15) is 14.5 Å². The van der Waals surface area contributed by atoms with Gasteiger partial charge in [0.25, 0.3) is 5.69 Å². The van der Waals surface area contributed by atoms with Crippen molar-refractivity contribution in [2.75, 3.05) is 75.2 Å². The number of non-ortho nitro benzene ring substituents is 1. The third-order valence-corrected chi connectivity index (χ3v) is 6.09. The second-order valence-electron chi connectivity index (χ2n) is 7.91. The third-order valence-electron chi connectivity index (χ3n) is 6.09. The summed E-state index contributed by atoms with van der Waals surface area (Å²) >= 11 is 0. The molecule has 2 aliphatic rings. The van der Waals surface area contributed by atoms with Gasteiger partial charge in [-0.3, -0.25) is 19.9 Å². The highest BCUT2D eigenvalue weighted by Crippen LogP contribution is 2.21. The van der Waals surface area contributed by atoms with Crippen LogP contribution in [0.25, 0.3) is 0 Å². The van der Waals surface area contributed by atoms with E-state index in [2.05, 4.69) is 19.6 Å². The lowest BCUT2D eigenvalue weighted by molar-refractivity contribution is -0.384. The summed E-state index contributed by atoms with van der Waals surface area (Å²) in [6.45, 7) is 10.0. The molecule has 2 aromatic carbocycles. The van der Waals surface area contributed by atoms with Crippen LogP contribution in [0.5, 0.6) is 0 Å². The average Bonchev–Trinajstić information content (AvgIpc) is 2.79. The van der Waals surface area contributed by atoms with E-state index in [1.165, 1.54) is 12.1 Å². The summed E-state index contributed by atoms with van der Waals surface area (Å²) in [6.07, 6.45) is 0.